The van der Waals surface area contributed by atoms with E-state index in [1.807, 2.05) is 6.08 Å². The summed E-state index contributed by atoms with van der Waals surface area (Å²) in [4.78, 5) is 25.0. The first kappa shape index (κ1) is 68.4. The van der Waals surface area contributed by atoms with Crippen molar-refractivity contribution in [2.24, 2.45) is 0 Å². The van der Waals surface area contributed by atoms with Crippen molar-refractivity contribution >= 4 is 11.9 Å². The molecule has 7 unspecified atom stereocenters. The van der Waals surface area contributed by atoms with Crippen LogP contribution in [0.4, 0.5) is 0 Å². The van der Waals surface area contributed by atoms with Gasteiger partial charge >= 0.3 is 5.97 Å². The fourth-order valence-electron chi connectivity index (χ4n) is 9.14. The lowest BCUT2D eigenvalue weighted by molar-refractivity contribution is -0.302. The quantitative estimate of drug-likeness (QED) is 0.0195. The number of amides is 1. The minimum Gasteiger partial charge on any atom is -0.465 e. The monoisotopic (exact) mass is 1030 g/mol. The highest BCUT2D eigenvalue weighted by Crippen LogP contribution is 2.23. The van der Waals surface area contributed by atoms with Gasteiger partial charge in [-0.1, -0.05) is 235 Å². The summed E-state index contributed by atoms with van der Waals surface area (Å²) < 4.78 is 16.6. The van der Waals surface area contributed by atoms with Gasteiger partial charge in [0.25, 0.3) is 0 Å². The molecule has 0 radical (unpaired) electrons. The number of ether oxygens (including phenoxy) is 3. The summed E-state index contributed by atoms with van der Waals surface area (Å²) in [6.07, 6.45) is 56.4. The molecule has 0 saturated carbocycles. The van der Waals surface area contributed by atoms with Gasteiger partial charge in [-0.05, 0) is 70.6 Å². The molecule has 6 N–H and O–H groups in total. The number of carbonyl (C=O) groups is 2. The second-order valence-electron chi connectivity index (χ2n) is 20.7. The Hall–Kier alpha value is -2.64. The van der Waals surface area contributed by atoms with Crippen molar-refractivity contribution < 1.29 is 49.3 Å². The summed E-state index contributed by atoms with van der Waals surface area (Å²) in [6, 6.07) is -0.838. The zero-order valence-electron chi connectivity index (χ0n) is 46.6. The smallest absolute Gasteiger partial charge is 0.305 e. The third-order valence-electron chi connectivity index (χ3n) is 13.9. The fourth-order valence-corrected chi connectivity index (χ4v) is 9.14. The van der Waals surface area contributed by atoms with E-state index in [0.717, 1.165) is 89.9 Å². The number of esters is 1. The maximum absolute atomic E-state index is 13.0. The highest BCUT2D eigenvalue weighted by atomic mass is 16.7. The molecule has 0 bridgehead atoms. The molecule has 0 aliphatic carbocycles. The highest BCUT2D eigenvalue weighted by molar-refractivity contribution is 5.76. The molecule has 1 rings (SSSR count). The number of carbonyl (C=O) groups excluding carboxylic acids is 2. The number of aliphatic hydroxyl groups is 5. The van der Waals surface area contributed by atoms with E-state index >= 15 is 0 Å². The lowest BCUT2D eigenvalue weighted by Crippen LogP contribution is -2.60. The average molecular weight is 1030 g/mol. The number of rotatable bonds is 51. The van der Waals surface area contributed by atoms with Crippen LogP contribution in [0.5, 0.6) is 0 Å². The van der Waals surface area contributed by atoms with Crippen molar-refractivity contribution in [2.45, 2.75) is 301 Å². The predicted molar refractivity (Wildman–Crippen MR) is 301 cm³/mol. The molecule has 11 nitrogen and oxygen atoms in total. The summed E-state index contributed by atoms with van der Waals surface area (Å²) in [5, 5.41) is 54.2. The molecule has 1 aliphatic rings. The SMILES string of the molecule is CC/C=C/CC/C=C/CC/C=C/C(O)C(COC1OC(CO)C(O)C(O)C1O)NC(=O)CCCCCCCCCCCCCCCC/C=C\C/C=C\CCOC(=O)CCCCCCCCCCCCCCCC. The minimum atomic E-state index is -1.58. The average Bonchev–Trinajstić information content (AvgIpc) is 3.39. The van der Waals surface area contributed by atoms with Gasteiger partial charge in [0.2, 0.25) is 5.91 Å². The molecule has 0 aromatic heterocycles. The Morgan fingerprint density at radius 2 is 0.973 bits per heavy atom. The van der Waals surface area contributed by atoms with Gasteiger partial charge in [-0.15, -0.1) is 0 Å². The van der Waals surface area contributed by atoms with Gasteiger partial charge < -0.3 is 45.1 Å². The van der Waals surface area contributed by atoms with Crippen molar-refractivity contribution in [3.8, 4) is 0 Å². The summed E-state index contributed by atoms with van der Waals surface area (Å²) in [7, 11) is 0. The van der Waals surface area contributed by atoms with E-state index in [-0.39, 0.29) is 18.5 Å². The van der Waals surface area contributed by atoms with E-state index in [9.17, 15) is 35.1 Å². The van der Waals surface area contributed by atoms with Gasteiger partial charge in [0.05, 0.1) is 32.0 Å². The van der Waals surface area contributed by atoms with E-state index in [2.05, 4.69) is 67.8 Å². The Kier molecular flexibility index (Phi) is 48.2. The van der Waals surface area contributed by atoms with Crippen LogP contribution in [-0.4, -0.2) is 100 Å². The topological polar surface area (TPSA) is 175 Å². The van der Waals surface area contributed by atoms with Crippen LogP contribution < -0.4 is 5.32 Å². The summed E-state index contributed by atoms with van der Waals surface area (Å²) in [6.45, 7) is 4.08. The molecule has 73 heavy (non-hydrogen) atoms. The number of allylic oxidation sites excluding steroid dienone is 8. The van der Waals surface area contributed by atoms with Crippen molar-refractivity contribution in [1.82, 2.24) is 5.32 Å². The Morgan fingerprint density at radius 1 is 0.521 bits per heavy atom. The first-order valence-corrected chi connectivity index (χ1v) is 30.1. The summed E-state index contributed by atoms with van der Waals surface area (Å²) in [5.74, 6) is -0.252. The Bertz CT molecular complexity index is 1400. The molecule has 1 amide bonds. The molecule has 424 valence electrons. The first-order chi connectivity index (χ1) is 35.7. The maximum atomic E-state index is 13.0. The number of aliphatic hydroxyl groups excluding tert-OH is 5. The van der Waals surface area contributed by atoms with Gasteiger partial charge in [-0.25, -0.2) is 0 Å². The highest BCUT2D eigenvalue weighted by Gasteiger charge is 2.44. The van der Waals surface area contributed by atoms with Crippen molar-refractivity contribution in [2.75, 3.05) is 19.8 Å². The number of hydrogen-bond donors (Lipinski definition) is 6. The van der Waals surface area contributed by atoms with E-state index in [1.165, 1.54) is 141 Å². The third-order valence-corrected chi connectivity index (χ3v) is 13.9. The van der Waals surface area contributed by atoms with Crippen LogP contribution in [0.25, 0.3) is 0 Å². The van der Waals surface area contributed by atoms with Crippen LogP contribution in [-0.2, 0) is 23.8 Å². The number of nitrogens with one attached hydrogen (secondary N) is 1. The van der Waals surface area contributed by atoms with Crippen LogP contribution >= 0.6 is 0 Å². The summed E-state index contributed by atoms with van der Waals surface area (Å²) >= 11 is 0. The van der Waals surface area contributed by atoms with Crippen molar-refractivity contribution in [3.63, 3.8) is 0 Å². The molecule has 1 fully saturated rings. The molecule has 0 aromatic carbocycles. The van der Waals surface area contributed by atoms with Crippen LogP contribution in [0, 0.1) is 0 Å². The van der Waals surface area contributed by atoms with Gasteiger partial charge in [0.1, 0.15) is 24.4 Å². The second-order valence-corrected chi connectivity index (χ2v) is 20.7. The van der Waals surface area contributed by atoms with E-state index in [0.29, 0.717) is 19.4 Å². The zero-order chi connectivity index (χ0) is 53.1. The van der Waals surface area contributed by atoms with Gasteiger partial charge in [-0.2, -0.15) is 0 Å². The summed E-state index contributed by atoms with van der Waals surface area (Å²) in [5.41, 5.74) is 0. The maximum Gasteiger partial charge on any atom is 0.305 e. The lowest BCUT2D eigenvalue weighted by Gasteiger charge is -2.40. The van der Waals surface area contributed by atoms with Crippen LogP contribution in [0.1, 0.15) is 258 Å². The van der Waals surface area contributed by atoms with Crippen LogP contribution in [0.3, 0.4) is 0 Å². The van der Waals surface area contributed by atoms with E-state index in [1.54, 1.807) is 6.08 Å². The standard InChI is InChI=1S/C62H111NO10/c1-3-5-7-9-11-13-15-16-27-30-34-38-42-46-50-58(67)71-51-47-43-39-35-31-28-25-23-21-19-17-18-20-22-24-26-29-33-37-41-45-49-57(66)63-54(53-72-62-61(70)60(69)59(68)56(52-64)73-62)55(65)48-44-40-36-32-14-12-10-8-6-4-2/h6,8,14,28,31-32,39,43-44,48,54-56,59-62,64-65,68-70H,3-5,7,9-13,15-27,29-30,33-38,40-42,45-47,49-53H2,1-2H3,(H,63,66)/b8-6+,31-28-,32-14+,43-39-,48-44+. The molecule has 11 heteroatoms. The first-order valence-electron chi connectivity index (χ1n) is 30.1. The number of hydrogen-bond acceptors (Lipinski definition) is 10. The molecule has 7 atom stereocenters. The Balaban J connectivity index is 2.05. The lowest BCUT2D eigenvalue weighted by atomic mass is 9.99. The van der Waals surface area contributed by atoms with Gasteiger partial charge in [-0.3, -0.25) is 9.59 Å². The van der Waals surface area contributed by atoms with Gasteiger partial charge in [0, 0.05) is 12.8 Å². The molecule has 0 aromatic rings. The Labute approximate surface area is 446 Å². The minimum absolute atomic E-state index is 0.0478. The van der Waals surface area contributed by atoms with E-state index in [4.69, 9.17) is 14.2 Å². The molecular formula is C62H111NO10. The van der Waals surface area contributed by atoms with Crippen LogP contribution in [0.15, 0.2) is 60.8 Å². The van der Waals surface area contributed by atoms with Crippen molar-refractivity contribution in [1.29, 1.82) is 0 Å². The molecule has 1 heterocycles. The third kappa shape index (κ3) is 41.2. The normalized spacial score (nSPS) is 19.4. The van der Waals surface area contributed by atoms with E-state index < -0.39 is 49.5 Å². The molecule has 1 aliphatic heterocycles. The predicted octanol–water partition coefficient (Wildman–Crippen LogP) is 13.8. The second kappa shape index (κ2) is 51.5. The molecular weight excluding hydrogens is 919 g/mol. The number of unbranched alkanes of at least 4 members (excludes halogenated alkanes) is 29. The largest absolute Gasteiger partial charge is 0.465 e. The zero-order valence-corrected chi connectivity index (χ0v) is 46.6. The fraction of sp³-hybridized carbons (Fsp3) is 0.806. The van der Waals surface area contributed by atoms with Crippen LogP contribution in [0.2, 0.25) is 0 Å². The van der Waals surface area contributed by atoms with Crippen molar-refractivity contribution in [3.05, 3.63) is 60.8 Å². The molecule has 0 spiro atoms. The Morgan fingerprint density at radius 3 is 1.49 bits per heavy atom. The van der Waals surface area contributed by atoms with Gasteiger partial charge in [0.15, 0.2) is 6.29 Å². The molecule has 1 saturated heterocycles.